The van der Waals surface area contributed by atoms with E-state index in [4.69, 9.17) is 4.74 Å². The molecule has 0 aliphatic carbocycles. The minimum atomic E-state index is -0.306. The third-order valence-electron chi connectivity index (χ3n) is 6.44. The van der Waals surface area contributed by atoms with E-state index in [1.165, 1.54) is 17.9 Å². The highest BCUT2D eigenvalue weighted by Gasteiger charge is 2.27. The molecule has 6 nitrogen and oxygen atoms in total. The maximum absolute atomic E-state index is 13.1. The Morgan fingerprint density at radius 2 is 1.88 bits per heavy atom. The number of aromatic amines is 1. The van der Waals surface area contributed by atoms with E-state index >= 15 is 0 Å². The molecule has 3 aromatic rings. The van der Waals surface area contributed by atoms with Crippen molar-refractivity contribution in [2.75, 3.05) is 20.2 Å². The SMILES string of the molecule is COc1ccc2[nH]cc(C3CCN(C(=O)CC(NC(C)=O)c4ccc(C)cc4)CC3)c2c1. The number of piperidine rings is 1. The van der Waals surface area contributed by atoms with Crippen LogP contribution in [0.1, 0.15) is 54.8 Å². The van der Waals surface area contributed by atoms with Crippen LogP contribution in [0.5, 0.6) is 5.75 Å². The molecule has 2 amide bonds. The van der Waals surface area contributed by atoms with E-state index in [2.05, 4.69) is 22.6 Å². The average molecular weight is 434 g/mol. The molecule has 1 atom stereocenters. The molecule has 1 unspecified atom stereocenters. The van der Waals surface area contributed by atoms with E-state index in [-0.39, 0.29) is 24.3 Å². The second-order valence-electron chi connectivity index (χ2n) is 8.68. The zero-order chi connectivity index (χ0) is 22.7. The number of benzene rings is 2. The Morgan fingerprint density at radius 1 is 1.16 bits per heavy atom. The van der Waals surface area contributed by atoms with Crippen molar-refractivity contribution < 1.29 is 14.3 Å². The zero-order valence-corrected chi connectivity index (χ0v) is 19.0. The van der Waals surface area contributed by atoms with Crippen molar-refractivity contribution in [3.63, 3.8) is 0 Å². The molecule has 6 heteroatoms. The number of aromatic nitrogens is 1. The van der Waals surface area contributed by atoms with Gasteiger partial charge < -0.3 is 19.9 Å². The fraction of sp³-hybridized carbons (Fsp3) is 0.385. The number of carbonyl (C=O) groups is 2. The highest BCUT2D eigenvalue weighted by Crippen LogP contribution is 2.35. The molecule has 0 spiro atoms. The summed E-state index contributed by atoms with van der Waals surface area (Å²) in [6, 6.07) is 13.8. The summed E-state index contributed by atoms with van der Waals surface area (Å²) in [6.45, 7) is 4.96. The molecule has 1 fully saturated rings. The number of likely N-dealkylation sites (tertiary alicyclic amines) is 1. The van der Waals surface area contributed by atoms with Gasteiger partial charge in [0.15, 0.2) is 0 Å². The van der Waals surface area contributed by atoms with Crippen molar-refractivity contribution in [3.8, 4) is 5.75 Å². The summed E-state index contributed by atoms with van der Waals surface area (Å²) in [6.07, 6.45) is 4.21. The lowest BCUT2D eigenvalue weighted by Gasteiger charge is -2.33. The molecule has 0 bridgehead atoms. The average Bonchev–Trinajstić information content (AvgIpc) is 3.22. The van der Waals surface area contributed by atoms with Crippen LogP contribution < -0.4 is 10.1 Å². The Kier molecular flexibility index (Phi) is 6.49. The van der Waals surface area contributed by atoms with Crippen LogP contribution in [0.2, 0.25) is 0 Å². The van der Waals surface area contributed by atoms with Crippen LogP contribution >= 0.6 is 0 Å². The lowest BCUT2D eigenvalue weighted by atomic mass is 9.89. The number of hydrogen-bond acceptors (Lipinski definition) is 3. The maximum Gasteiger partial charge on any atom is 0.224 e. The first-order valence-electron chi connectivity index (χ1n) is 11.2. The van der Waals surface area contributed by atoms with Gasteiger partial charge in [-0.3, -0.25) is 9.59 Å². The number of fused-ring (bicyclic) bond motifs is 1. The molecule has 2 heterocycles. The quantitative estimate of drug-likeness (QED) is 0.603. The number of amides is 2. The van der Waals surface area contributed by atoms with E-state index in [0.717, 1.165) is 48.3 Å². The number of methoxy groups -OCH3 is 1. The summed E-state index contributed by atoms with van der Waals surface area (Å²) in [4.78, 5) is 30.1. The smallest absolute Gasteiger partial charge is 0.224 e. The van der Waals surface area contributed by atoms with Crippen LogP contribution in [0.25, 0.3) is 10.9 Å². The van der Waals surface area contributed by atoms with Crippen LogP contribution in [-0.2, 0) is 9.59 Å². The highest BCUT2D eigenvalue weighted by molar-refractivity contribution is 5.85. The number of aryl methyl sites for hydroxylation is 1. The van der Waals surface area contributed by atoms with E-state index < -0.39 is 0 Å². The lowest BCUT2D eigenvalue weighted by Crippen LogP contribution is -2.40. The van der Waals surface area contributed by atoms with E-state index in [9.17, 15) is 9.59 Å². The Morgan fingerprint density at radius 3 is 2.53 bits per heavy atom. The van der Waals surface area contributed by atoms with Crippen molar-refractivity contribution in [1.82, 2.24) is 15.2 Å². The first-order valence-corrected chi connectivity index (χ1v) is 11.2. The first-order chi connectivity index (χ1) is 15.4. The fourth-order valence-corrected chi connectivity index (χ4v) is 4.63. The van der Waals surface area contributed by atoms with E-state index in [1.807, 2.05) is 48.2 Å². The van der Waals surface area contributed by atoms with E-state index in [0.29, 0.717) is 5.92 Å². The molecule has 2 N–H and O–H groups in total. The molecule has 1 aromatic heterocycles. The summed E-state index contributed by atoms with van der Waals surface area (Å²) in [5.74, 6) is 1.22. The number of nitrogens with one attached hydrogen (secondary N) is 2. The van der Waals surface area contributed by atoms with Gasteiger partial charge in [-0.2, -0.15) is 0 Å². The number of carbonyl (C=O) groups excluding carboxylic acids is 2. The highest BCUT2D eigenvalue weighted by atomic mass is 16.5. The van der Waals surface area contributed by atoms with Gasteiger partial charge in [0.1, 0.15) is 5.75 Å². The predicted molar refractivity (Wildman–Crippen MR) is 126 cm³/mol. The standard InChI is InChI=1S/C26H31N3O3/c1-17-4-6-20(7-5-17)25(28-18(2)30)15-26(31)29-12-10-19(11-13-29)23-16-27-24-9-8-21(32-3)14-22(23)24/h4-9,14,16,19,25,27H,10-13,15H2,1-3H3,(H,28,30). The Labute approximate surface area is 188 Å². The second kappa shape index (κ2) is 9.47. The van der Waals surface area contributed by atoms with Crippen molar-refractivity contribution in [1.29, 1.82) is 0 Å². The van der Waals surface area contributed by atoms with Crippen LogP contribution in [0.4, 0.5) is 0 Å². The summed E-state index contributed by atoms with van der Waals surface area (Å²) in [7, 11) is 1.68. The van der Waals surface area contributed by atoms with Crippen molar-refractivity contribution >= 4 is 22.7 Å². The normalized spacial score (nSPS) is 15.5. The van der Waals surface area contributed by atoms with Gasteiger partial charge in [-0.15, -0.1) is 0 Å². The summed E-state index contributed by atoms with van der Waals surface area (Å²) < 4.78 is 5.39. The van der Waals surface area contributed by atoms with Gasteiger partial charge in [0.05, 0.1) is 19.6 Å². The van der Waals surface area contributed by atoms with Crippen molar-refractivity contribution in [3.05, 3.63) is 65.4 Å². The summed E-state index contributed by atoms with van der Waals surface area (Å²) >= 11 is 0. The molecule has 168 valence electrons. The molecule has 1 aliphatic rings. The molecule has 4 rings (SSSR count). The number of ether oxygens (including phenoxy) is 1. The molecule has 0 radical (unpaired) electrons. The Hall–Kier alpha value is -3.28. The van der Waals surface area contributed by atoms with Crippen LogP contribution in [-0.4, -0.2) is 41.9 Å². The maximum atomic E-state index is 13.1. The summed E-state index contributed by atoms with van der Waals surface area (Å²) in [5, 5.41) is 4.14. The Balaban J connectivity index is 1.41. The van der Waals surface area contributed by atoms with Gasteiger partial charge in [0.2, 0.25) is 11.8 Å². The van der Waals surface area contributed by atoms with Gasteiger partial charge in [0.25, 0.3) is 0 Å². The molecular formula is C26H31N3O3. The first kappa shape index (κ1) is 21.9. The fourth-order valence-electron chi connectivity index (χ4n) is 4.63. The summed E-state index contributed by atoms with van der Waals surface area (Å²) in [5.41, 5.74) is 4.51. The molecule has 32 heavy (non-hydrogen) atoms. The molecule has 0 saturated carbocycles. The van der Waals surface area contributed by atoms with Gasteiger partial charge >= 0.3 is 0 Å². The monoisotopic (exact) mass is 433 g/mol. The van der Waals surface area contributed by atoms with Crippen LogP contribution in [0, 0.1) is 6.92 Å². The zero-order valence-electron chi connectivity index (χ0n) is 19.0. The van der Waals surface area contributed by atoms with Crippen molar-refractivity contribution in [2.24, 2.45) is 0 Å². The predicted octanol–water partition coefficient (Wildman–Crippen LogP) is 4.46. The minimum Gasteiger partial charge on any atom is -0.497 e. The van der Waals surface area contributed by atoms with Crippen LogP contribution in [0.3, 0.4) is 0 Å². The Bertz CT molecular complexity index is 1100. The van der Waals surface area contributed by atoms with Crippen molar-refractivity contribution in [2.45, 2.75) is 45.1 Å². The van der Waals surface area contributed by atoms with Gasteiger partial charge in [0, 0.05) is 37.1 Å². The van der Waals surface area contributed by atoms with E-state index in [1.54, 1.807) is 7.11 Å². The number of nitrogens with zero attached hydrogens (tertiary/aromatic N) is 1. The largest absolute Gasteiger partial charge is 0.497 e. The number of rotatable bonds is 6. The third kappa shape index (κ3) is 4.79. The van der Waals surface area contributed by atoms with Gasteiger partial charge in [-0.25, -0.2) is 0 Å². The second-order valence-corrected chi connectivity index (χ2v) is 8.68. The molecule has 1 saturated heterocycles. The minimum absolute atomic E-state index is 0.0865. The molecule has 2 aromatic carbocycles. The molecule has 1 aliphatic heterocycles. The molecular weight excluding hydrogens is 402 g/mol. The number of hydrogen-bond donors (Lipinski definition) is 2. The van der Waals surface area contributed by atoms with Gasteiger partial charge in [-0.05, 0) is 55.0 Å². The van der Waals surface area contributed by atoms with Crippen LogP contribution in [0.15, 0.2) is 48.7 Å². The number of H-pyrrole nitrogens is 1. The van der Waals surface area contributed by atoms with Gasteiger partial charge in [-0.1, -0.05) is 29.8 Å². The topological polar surface area (TPSA) is 74.4 Å². The lowest BCUT2D eigenvalue weighted by molar-refractivity contribution is -0.133. The third-order valence-corrected chi connectivity index (χ3v) is 6.44.